The van der Waals surface area contributed by atoms with Gasteiger partial charge in [-0.3, -0.25) is 0 Å². The van der Waals surface area contributed by atoms with Crippen LogP contribution in [0.2, 0.25) is 0 Å². The summed E-state index contributed by atoms with van der Waals surface area (Å²) in [6, 6.07) is 7.52. The van der Waals surface area contributed by atoms with Crippen LogP contribution in [0.25, 0.3) is 0 Å². The average Bonchev–Trinajstić information content (AvgIpc) is 2.33. The van der Waals surface area contributed by atoms with Gasteiger partial charge in [0.25, 0.3) is 0 Å². The molecular weight excluding hydrogens is 264 g/mol. The number of urea groups is 1. The minimum absolute atomic E-state index is 0.139. The Kier molecular flexibility index (Phi) is 5.64. The van der Waals surface area contributed by atoms with Crippen molar-refractivity contribution in [3.05, 3.63) is 29.8 Å². The quantitative estimate of drug-likeness (QED) is 0.869. The lowest BCUT2D eigenvalue weighted by atomic mass is 9.82. The van der Waals surface area contributed by atoms with E-state index >= 15 is 0 Å². The van der Waals surface area contributed by atoms with E-state index in [1.165, 1.54) is 0 Å². The normalized spacial score (nSPS) is 11.9. The molecule has 21 heavy (non-hydrogen) atoms. The lowest BCUT2D eigenvalue weighted by Crippen LogP contribution is -2.49. The highest BCUT2D eigenvalue weighted by atomic mass is 16.5. The molecule has 1 aromatic carbocycles. The van der Waals surface area contributed by atoms with Crippen LogP contribution in [0, 0.1) is 5.41 Å². The number of rotatable bonds is 5. The van der Waals surface area contributed by atoms with Crippen molar-refractivity contribution < 1.29 is 9.53 Å². The van der Waals surface area contributed by atoms with Crippen LogP contribution in [-0.2, 0) is 6.54 Å². The number of hydrogen-bond donors (Lipinski definition) is 2. The standard InChI is InChI=1S/C17H28N2O2/c1-16(2,3)12-17(4,5)19-15(20)18-11-13-7-9-14(21-6)10-8-13/h7-10H,11-12H2,1-6H3,(H2,18,19,20). The second-order valence-electron chi connectivity index (χ2n) is 7.28. The van der Waals surface area contributed by atoms with E-state index in [-0.39, 0.29) is 17.0 Å². The molecule has 4 heteroatoms. The Morgan fingerprint density at radius 1 is 1.10 bits per heavy atom. The third-order valence-corrected chi connectivity index (χ3v) is 3.04. The molecule has 0 radical (unpaired) electrons. The summed E-state index contributed by atoms with van der Waals surface area (Å²) in [5, 5.41) is 5.92. The molecule has 1 aromatic rings. The number of hydrogen-bond acceptors (Lipinski definition) is 2. The number of amides is 2. The zero-order valence-corrected chi connectivity index (χ0v) is 14.0. The molecule has 0 atom stereocenters. The van der Waals surface area contributed by atoms with Gasteiger partial charge < -0.3 is 15.4 Å². The summed E-state index contributed by atoms with van der Waals surface area (Å²) >= 11 is 0. The highest BCUT2D eigenvalue weighted by molar-refractivity contribution is 5.74. The average molecular weight is 292 g/mol. The van der Waals surface area contributed by atoms with Gasteiger partial charge in [0, 0.05) is 12.1 Å². The molecule has 0 aliphatic rings. The molecule has 0 saturated carbocycles. The predicted octanol–water partition coefficient (Wildman–Crippen LogP) is 3.71. The summed E-state index contributed by atoms with van der Waals surface area (Å²) in [5.74, 6) is 0.814. The Labute approximate surface area is 128 Å². The molecule has 2 N–H and O–H groups in total. The lowest BCUT2D eigenvalue weighted by molar-refractivity contribution is 0.210. The summed E-state index contributed by atoms with van der Waals surface area (Å²) in [6.45, 7) is 11.1. The summed E-state index contributed by atoms with van der Waals surface area (Å²) in [4.78, 5) is 12.0. The number of nitrogens with one attached hydrogen (secondary N) is 2. The van der Waals surface area contributed by atoms with Crippen molar-refractivity contribution in [2.24, 2.45) is 5.41 Å². The van der Waals surface area contributed by atoms with Gasteiger partial charge in [-0.25, -0.2) is 4.79 Å². The highest BCUT2D eigenvalue weighted by Crippen LogP contribution is 2.26. The fourth-order valence-corrected chi connectivity index (χ4v) is 2.65. The van der Waals surface area contributed by atoms with Gasteiger partial charge in [-0.1, -0.05) is 32.9 Å². The van der Waals surface area contributed by atoms with Crippen molar-refractivity contribution in [3.63, 3.8) is 0 Å². The molecule has 0 unspecified atom stereocenters. The third kappa shape index (κ3) is 7.02. The maximum Gasteiger partial charge on any atom is 0.315 e. The van der Waals surface area contributed by atoms with Crippen molar-refractivity contribution in [1.82, 2.24) is 10.6 Å². The van der Waals surface area contributed by atoms with E-state index in [0.717, 1.165) is 17.7 Å². The smallest absolute Gasteiger partial charge is 0.315 e. The first-order chi connectivity index (χ1) is 9.61. The second-order valence-corrected chi connectivity index (χ2v) is 7.28. The van der Waals surface area contributed by atoms with Gasteiger partial charge in [0.1, 0.15) is 5.75 Å². The van der Waals surface area contributed by atoms with Gasteiger partial charge in [-0.2, -0.15) is 0 Å². The van der Waals surface area contributed by atoms with Gasteiger partial charge in [0.05, 0.1) is 7.11 Å². The van der Waals surface area contributed by atoms with E-state index in [2.05, 4.69) is 31.4 Å². The number of carbonyl (C=O) groups is 1. The summed E-state index contributed by atoms with van der Waals surface area (Å²) in [5.41, 5.74) is 0.981. The molecule has 0 aromatic heterocycles. The minimum Gasteiger partial charge on any atom is -0.497 e. The highest BCUT2D eigenvalue weighted by Gasteiger charge is 2.26. The Balaban J connectivity index is 2.46. The fraction of sp³-hybridized carbons (Fsp3) is 0.588. The van der Waals surface area contributed by atoms with Crippen LogP contribution in [-0.4, -0.2) is 18.7 Å². The van der Waals surface area contributed by atoms with Gasteiger partial charge in [0.2, 0.25) is 0 Å². The maximum absolute atomic E-state index is 12.0. The molecule has 0 aliphatic carbocycles. The van der Waals surface area contributed by atoms with Crippen molar-refractivity contribution in [2.75, 3.05) is 7.11 Å². The van der Waals surface area contributed by atoms with Gasteiger partial charge in [-0.05, 0) is 43.4 Å². The van der Waals surface area contributed by atoms with Crippen LogP contribution >= 0.6 is 0 Å². The fourth-order valence-electron chi connectivity index (χ4n) is 2.65. The molecule has 0 heterocycles. The molecule has 0 fully saturated rings. The topological polar surface area (TPSA) is 50.4 Å². The minimum atomic E-state index is -0.234. The molecule has 0 spiro atoms. The molecule has 1 rings (SSSR count). The van der Waals surface area contributed by atoms with E-state index in [9.17, 15) is 4.79 Å². The van der Waals surface area contributed by atoms with Crippen LogP contribution < -0.4 is 15.4 Å². The van der Waals surface area contributed by atoms with Gasteiger partial charge in [0.15, 0.2) is 0 Å². The molecule has 4 nitrogen and oxygen atoms in total. The number of methoxy groups -OCH3 is 1. The monoisotopic (exact) mass is 292 g/mol. The number of carbonyl (C=O) groups excluding carboxylic acids is 1. The predicted molar refractivity (Wildman–Crippen MR) is 86.5 cm³/mol. The van der Waals surface area contributed by atoms with Crippen molar-refractivity contribution in [2.45, 2.75) is 53.1 Å². The van der Waals surface area contributed by atoms with Gasteiger partial charge in [-0.15, -0.1) is 0 Å². The van der Waals surface area contributed by atoms with Crippen LogP contribution in [0.1, 0.15) is 46.6 Å². The zero-order valence-electron chi connectivity index (χ0n) is 14.0. The van der Waals surface area contributed by atoms with E-state index in [1.807, 2.05) is 38.1 Å². The van der Waals surface area contributed by atoms with Crippen molar-refractivity contribution in [1.29, 1.82) is 0 Å². The number of ether oxygens (including phenoxy) is 1. The van der Waals surface area contributed by atoms with Crippen LogP contribution in [0.15, 0.2) is 24.3 Å². The first kappa shape index (κ1) is 17.3. The first-order valence-electron chi connectivity index (χ1n) is 7.30. The van der Waals surface area contributed by atoms with E-state index in [4.69, 9.17) is 4.74 Å². The Hall–Kier alpha value is -1.71. The van der Waals surface area contributed by atoms with Crippen LogP contribution in [0.3, 0.4) is 0 Å². The summed E-state index contributed by atoms with van der Waals surface area (Å²) in [6.07, 6.45) is 0.913. The SMILES string of the molecule is COc1ccc(CNC(=O)NC(C)(C)CC(C)(C)C)cc1. The molecule has 0 aliphatic heterocycles. The Bertz CT molecular complexity index is 459. The van der Waals surface area contributed by atoms with E-state index < -0.39 is 0 Å². The second kappa shape index (κ2) is 6.83. The third-order valence-electron chi connectivity index (χ3n) is 3.04. The van der Waals surface area contributed by atoms with Crippen LogP contribution in [0.5, 0.6) is 5.75 Å². The summed E-state index contributed by atoms with van der Waals surface area (Å²) in [7, 11) is 1.64. The van der Waals surface area contributed by atoms with Crippen LogP contribution in [0.4, 0.5) is 4.79 Å². The maximum atomic E-state index is 12.0. The molecule has 2 amide bonds. The molecular formula is C17H28N2O2. The summed E-state index contributed by atoms with van der Waals surface area (Å²) < 4.78 is 5.11. The van der Waals surface area contributed by atoms with Crippen molar-refractivity contribution in [3.8, 4) is 5.75 Å². The lowest BCUT2D eigenvalue weighted by Gasteiger charge is -2.33. The Morgan fingerprint density at radius 2 is 1.67 bits per heavy atom. The largest absolute Gasteiger partial charge is 0.497 e. The van der Waals surface area contributed by atoms with E-state index in [1.54, 1.807) is 7.11 Å². The number of benzene rings is 1. The molecule has 118 valence electrons. The Morgan fingerprint density at radius 3 is 2.14 bits per heavy atom. The van der Waals surface area contributed by atoms with E-state index in [0.29, 0.717) is 6.54 Å². The zero-order chi connectivity index (χ0) is 16.1. The van der Waals surface area contributed by atoms with Crippen molar-refractivity contribution >= 4 is 6.03 Å². The first-order valence-corrected chi connectivity index (χ1v) is 7.30. The molecule has 0 bridgehead atoms. The van der Waals surface area contributed by atoms with Gasteiger partial charge >= 0.3 is 6.03 Å². The molecule has 0 saturated heterocycles.